The predicted octanol–water partition coefficient (Wildman–Crippen LogP) is 1.10. The molecular formula is C11H14N2. The molecule has 0 aromatic carbocycles. The molecule has 0 atom stereocenters. The second kappa shape index (κ2) is 5.25. The Labute approximate surface area is 78.4 Å². The Morgan fingerprint density at radius 2 is 2.08 bits per heavy atom. The van der Waals surface area contributed by atoms with Gasteiger partial charge in [0.05, 0.1) is 0 Å². The van der Waals surface area contributed by atoms with Gasteiger partial charge in [0.1, 0.15) is 0 Å². The second-order valence-electron chi connectivity index (χ2n) is 2.41. The second-order valence-corrected chi connectivity index (χ2v) is 2.41. The highest BCUT2D eigenvalue weighted by atomic mass is 14.7. The van der Waals surface area contributed by atoms with E-state index < -0.39 is 0 Å². The van der Waals surface area contributed by atoms with E-state index in [4.69, 9.17) is 0 Å². The maximum Gasteiger partial charge on any atom is 0.0343 e. The molecule has 1 aliphatic heterocycles. The Balaban J connectivity index is 0.000000396. The van der Waals surface area contributed by atoms with E-state index >= 15 is 0 Å². The van der Waals surface area contributed by atoms with Gasteiger partial charge in [-0.2, -0.15) is 0 Å². The number of pyridine rings is 1. The first kappa shape index (κ1) is 9.65. The first-order valence-electron chi connectivity index (χ1n) is 4.59. The Kier molecular flexibility index (Phi) is 3.89. The van der Waals surface area contributed by atoms with Crippen LogP contribution in [0.25, 0.3) is 12.3 Å². The standard InChI is InChI=1S/C9H8N2.C2H6/c1-2-8-6-11-5-3-9(8)7-10-4-1;1-2/h2-7H,1H2;1-2H3. The molecule has 0 saturated carbocycles. The molecular weight excluding hydrogens is 160 g/mol. The summed E-state index contributed by atoms with van der Waals surface area (Å²) in [5.74, 6) is 0. The first-order valence-corrected chi connectivity index (χ1v) is 4.59. The van der Waals surface area contributed by atoms with E-state index in [0.717, 1.165) is 11.6 Å². The van der Waals surface area contributed by atoms with Crippen LogP contribution in [0.3, 0.4) is 0 Å². The van der Waals surface area contributed by atoms with E-state index in [2.05, 4.69) is 16.1 Å². The molecule has 0 spiro atoms. The van der Waals surface area contributed by atoms with Gasteiger partial charge in [-0.05, 0) is 11.3 Å². The van der Waals surface area contributed by atoms with E-state index in [1.807, 2.05) is 38.5 Å². The molecule has 0 radical (unpaired) electrons. The van der Waals surface area contributed by atoms with E-state index in [-0.39, 0.29) is 0 Å². The third-order valence-electron chi connectivity index (χ3n) is 1.65. The van der Waals surface area contributed by atoms with Crippen LogP contribution in [0, 0.1) is 0 Å². The molecule has 0 saturated heterocycles. The van der Waals surface area contributed by atoms with Gasteiger partial charge in [-0.3, -0.25) is 9.98 Å². The highest BCUT2D eigenvalue weighted by Crippen LogP contribution is 1.80. The van der Waals surface area contributed by atoms with Gasteiger partial charge in [0.25, 0.3) is 0 Å². The minimum atomic E-state index is 0.898. The SMILES string of the molecule is C1=NC=c2ccncc2=CC1.CC. The van der Waals surface area contributed by atoms with E-state index in [0.29, 0.717) is 0 Å². The number of fused-ring (bicyclic) bond motifs is 1. The molecule has 0 aliphatic carbocycles. The molecule has 0 fully saturated rings. The number of aromatic nitrogens is 1. The lowest BCUT2D eigenvalue weighted by atomic mass is 10.3. The normalized spacial score (nSPS) is 12.5. The summed E-state index contributed by atoms with van der Waals surface area (Å²) in [6.07, 6.45) is 10.4. The van der Waals surface area contributed by atoms with Crippen molar-refractivity contribution in [1.82, 2.24) is 4.98 Å². The van der Waals surface area contributed by atoms with Gasteiger partial charge in [-0.1, -0.05) is 19.9 Å². The number of rotatable bonds is 0. The van der Waals surface area contributed by atoms with Gasteiger partial charge in [0, 0.05) is 36.4 Å². The summed E-state index contributed by atoms with van der Waals surface area (Å²) in [6.45, 7) is 4.00. The molecule has 2 heteroatoms. The predicted molar refractivity (Wildman–Crippen MR) is 56.9 cm³/mol. The summed E-state index contributed by atoms with van der Waals surface area (Å²) in [5, 5.41) is 2.32. The van der Waals surface area contributed by atoms with Crippen molar-refractivity contribution >= 4 is 18.5 Å². The van der Waals surface area contributed by atoms with E-state index in [1.54, 1.807) is 6.20 Å². The maximum absolute atomic E-state index is 4.10. The highest BCUT2D eigenvalue weighted by molar-refractivity contribution is 5.68. The molecule has 2 rings (SSSR count). The van der Waals surface area contributed by atoms with Crippen LogP contribution in [0.2, 0.25) is 0 Å². The lowest BCUT2D eigenvalue weighted by molar-refractivity contribution is 1.27. The third kappa shape index (κ3) is 2.51. The van der Waals surface area contributed by atoms with Crippen molar-refractivity contribution in [3.8, 4) is 0 Å². The summed E-state index contributed by atoms with van der Waals surface area (Å²) in [4.78, 5) is 8.14. The van der Waals surface area contributed by atoms with Crippen LogP contribution in [0.1, 0.15) is 20.3 Å². The quantitative estimate of drug-likeness (QED) is 0.578. The van der Waals surface area contributed by atoms with Crippen molar-refractivity contribution in [3.05, 3.63) is 28.9 Å². The molecule has 1 aliphatic rings. The van der Waals surface area contributed by atoms with Crippen molar-refractivity contribution in [1.29, 1.82) is 0 Å². The molecule has 2 heterocycles. The molecule has 1 aromatic heterocycles. The van der Waals surface area contributed by atoms with Crippen molar-refractivity contribution in [3.63, 3.8) is 0 Å². The van der Waals surface area contributed by atoms with Crippen LogP contribution in [0.5, 0.6) is 0 Å². The largest absolute Gasteiger partial charge is 0.268 e. The number of nitrogens with zero attached hydrogens (tertiary/aromatic N) is 2. The van der Waals surface area contributed by atoms with Crippen molar-refractivity contribution in [2.45, 2.75) is 20.3 Å². The zero-order valence-corrected chi connectivity index (χ0v) is 8.07. The third-order valence-corrected chi connectivity index (χ3v) is 1.65. The zero-order chi connectivity index (χ0) is 9.52. The molecule has 13 heavy (non-hydrogen) atoms. The summed E-state index contributed by atoms with van der Waals surface area (Å²) in [5.41, 5.74) is 0. The zero-order valence-electron chi connectivity index (χ0n) is 8.07. The molecule has 2 nitrogen and oxygen atoms in total. The Morgan fingerprint density at radius 1 is 1.23 bits per heavy atom. The minimum Gasteiger partial charge on any atom is -0.268 e. The van der Waals surface area contributed by atoms with E-state index in [9.17, 15) is 0 Å². The Morgan fingerprint density at radius 3 is 2.92 bits per heavy atom. The van der Waals surface area contributed by atoms with Crippen molar-refractivity contribution in [2.24, 2.45) is 4.99 Å². The van der Waals surface area contributed by atoms with Gasteiger partial charge >= 0.3 is 0 Å². The summed E-state index contributed by atoms with van der Waals surface area (Å²) < 4.78 is 0. The lowest BCUT2D eigenvalue weighted by Gasteiger charge is -1.84. The Hall–Kier alpha value is -1.44. The molecule has 68 valence electrons. The Bertz CT molecular complexity index is 391. The number of hydrogen-bond acceptors (Lipinski definition) is 2. The van der Waals surface area contributed by atoms with Gasteiger partial charge in [-0.15, -0.1) is 0 Å². The van der Waals surface area contributed by atoms with E-state index in [1.165, 1.54) is 5.22 Å². The highest BCUT2D eigenvalue weighted by Gasteiger charge is 1.85. The average molecular weight is 174 g/mol. The molecule has 1 aromatic rings. The number of aliphatic imine (C=N–C) groups is 1. The molecule has 0 amide bonds. The van der Waals surface area contributed by atoms with Crippen LogP contribution in [0.15, 0.2) is 23.5 Å². The fourth-order valence-corrected chi connectivity index (χ4v) is 1.08. The van der Waals surface area contributed by atoms with Crippen LogP contribution >= 0.6 is 0 Å². The fraction of sp³-hybridized carbons (Fsp3) is 0.273. The first-order chi connectivity index (χ1) is 6.47. The molecule has 0 unspecified atom stereocenters. The van der Waals surface area contributed by atoms with Gasteiger partial charge in [0.2, 0.25) is 0 Å². The van der Waals surface area contributed by atoms with Crippen molar-refractivity contribution < 1.29 is 0 Å². The van der Waals surface area contributed by atoms with Crippen LogP contribution in [-0.2, 0) is 0 Å². The van der Waals surface area contributed by atoms with Crippen LogP contribution in [-0.4, -0.2) is 11.2 Å². The summed E-state index contributed by atoms with van der Waals surface area (Å²) in [7, 11) is 0. The summed E-state index contributed by atoms with van der Waals surface area (Å²) >= 11 is 0. The fourth-order valence-electron chi connectivity index (χ4n) is 1.08. The smallest absolute Gasteiger partial charge is 0.0343 e. The minimum absolute atomic E-state index is 0.898. The monoisotopic (exact) mass is 174 g/mol. The average Bonchev–Trinajstić information content (AvgIpc) is 2.45. The summed E-state index contributed by atoms with van der Waals surface area (Å²) in [6, 6.07) is 1.97. The van der Waals surface area contributed by atoms with Gasteiger partial charge in [-0.25, -0.2) is 0 Å². The van der Waals surface area contributed by atoms with Crippen molar-refractivity contribution in [2.75, 3.05) is 0 Å². The lowest BCUT2D eigenvalue weighted by Crippen LogP contribution is -2.23. The molecule has 0 N–H and O–H groups in total. The number of hydrogen-bond donors (Lipinski definition) is 0. The topological polar surface area (TPSA) is 25.2 Å². The van der Waals surface area contributed by atoms with Gasteiger partial charge in [0.15, 0.2) is 0 Å². The van der Waals surface area contributed by atoms with Gasteiger partial charge < -0.3 is 0 Å². The molecule has 0 bridgehead atoms. The van der Waals surface area contributed by atoms with Crippen LogP contribution < -0.4 is 10.4 Å². The maximum atomic E-state index is 4.10. The van der Waals surface area contributed by atoms with Crippen LogP contribution in [0.4, 0.5) is 0 Å².